The maximum absolute atomic E-state index is 12.9. The van der Waals surface area contributed by atoms with Crippen LogP contribution in [0.25, 0.3) is 0 Å². The third kappa shape index (κ3) is 4.50. The number of aromatic nitrogens is 1. The van der Waals surface area contributed by atoms with Crippen LogP contribution in [0.2, 0.25) is 0 Å². The van der Waals surface area contributed by atoms with Crippen LogP contribution in [0.4, 0.5) is 0 Å². The van der Waals surface area contributed by atoms with Gasteiger partial charge in [-0.25, -0.2) is 0 Å². The van der Waals surface area contributed by atoms with Crippen LogP contribution in [0.5, 0.6) is 0 Å². The number of fused-ring (bicyclic) bond motifs is 1. The van der Waals surface area contributed by atoms with Gasteiger partial charge in [0.2, 0.25) is 0 Å². The lowest BCUT2D eigenvalue weighted by molar-refractivity contribution is 0.0924. The zero-order chi connectivity index (χ0) is 21.1. The smallest absolute Gasteiger partial charge is 0.261 e. The molecular weight excluding hydrogens is 364 g/mol. The van der Waals surface area contributed by atoms with Crippen LogP contribution in [-0.2, 0) is 6.42 Å². The molecule has 0 bridgehead atoms. The third-order valence-corrected chi connectivity index (χ3v) is 5.93. The summed E-state index contributed by atoms with van der Waals surface area (Å²) in [5.41, 5.74) is 2.95. The molecule has 2 atom stereocenters. The molecule has 29 heavy (non-hydrogen) atoms. The number of aromatic amines is 1. The van der Waals surface area contributed by atoms with Crippen molar-refractivity contribution in [2.24, 2.45) is 5.92 Å². The number of nitrogens with one attached hydrogen (secondary N) is 2. The van der Waals surface area contributed by atoms with Crippen molar-refractivity contribution in [1.82, 2.24) is 10.3 Å². The first-order chi connectivity index (χ1) is 13.8. The van der Waals surface area contributed by atoms with E-state index in [4.69, 9.17) is 0 Å². The molecule has 0 saturated carbocycles. The van der Waals surface area contributed by atoms with Gasteiger partial charge in [-0.15, -0.1) is 0 Å². The van der Waals surface area contributed by atoms with Gasteiger partial charge in [-0.1, -0.05) is 52.0 Å². The minimum Gasteiger partial charge on any atom is -0.345 e. The fourth-order valence-corrected chi connectivity index (χ4v) is 3.87. The highest BCUT2D eigenvalue weighted by Crippen LogP contribution is 2.26. The van der Waals surface area contributed by atoms with E-state index in [1.165, 1.54) is 11.6 Å². The molecule has 1 aliphatic carbocycles. The molecule has 5 nitrogen and oxygen atoms in total. The van der Waals surface area contributed by atoms with E-state index in [9.17, 15) is 14.4 Å². The first-order valence-electron chi connectivity index (χ1n) is 10.5. The molecule has 0 fully saturated rings. The summed E-state index contributed by atoms with van der Waals surface area (Å²) in [6.45, 7) is 8.43. The Balaban J connectivity index is 1.86. The molecule has 2 aromatic rings. The molecule has 0 spiro atoms. The Kier molecular flexibility index (Phi) is 6.36. The molecule has 0 aliphatic heterocycles. The Bertz CT molecular complexity index is 957. The standard InChI is InChI=1S/C24H30N2O3/c1-5-15(4)16-9-11-17(12-10-16)22(14(2)3)26-24(29)19-13-18-20(25-23(19)28)7-6-8-21(18)27/h9-15,22H,5-8H2,1-4H3,(H,25,28)(H,26,29)/t15-,22+/m0/s1. The number of carbonyl (C=O) groups is 2. The van der Waals surface area contributed by atoms with Gasteiger partial charge in [0.05, 0.1) is 6.04 Å². The van der Waals surface area contributed by atoms with E-state index in [2.05, 4.69) is 36.3 Å². The predicted molar refractivity (Wildman–Crippen MR) is 115 cm³/mol. The van der Waals surface area contributed by atoms with Crippen molar-refractivity contribution in [3.05, 3.63) is 68.6 Å². The first-order valence-corrected chi connectivity index (χ1v) is 10.5. The molecule has 154 valence electrons. The predicted octanol–water partition coefficient (Wildman–Crippen LogP) is 4.53. The summed E-state index contributed by atoms with van der Waals surface area (Å²) >= 11 is 0. The quantitative estimate of drug-likeness (QED) is 0.755. The fraction of sp³-hybridized carbons (Fsp3) is 0.458. The number of ketones is 1. The van der Waals surface area contributed by atoms with Crippen molar-refractivity contribution in [2.45, 2.75) is 65.3 Å². The molecular formula is C24H30N2O3. The molecule has 0 radical (unpaired) electrons. The average Bonchev–Trinajstić information content (AvgIpc) is 2.71. The van der Waals surface area contributed by atoms with E-state index in [0.29, 0.717) is 30.0 Å². The van der Waals surface area contributed by atoms with E-state index in [0.717, 1.165) is 18.4 Å². The average molecular weight is 395 g/mol. The van der Waals surface area contributed by atoms with Gasteiger partial charge in [0.1, 0.15) is 5.56 Å². The monoisotopic (exact) mass is 394 g/mol. The normalized spacial score (nSPS) is 15.7. The zero-order valence-electron chi connectivity index (χ0n) is 17.7. The topological polar surface area (TPSA) is 79.0 Å². The van der Waals surface area contributed by atoms with Crippen LogP contribution >= 0.6 is 0 Å². The summed E-state index contributed by atoms with van der Waals surface area (Å²) in [5, 5.41) is 3.00. The Morgan fingerprint density at radius 1 is 1.07 bits per heavy atom. The second-order valence-corrected chi connectivity index (χ2v) is 8.35. The van der Waals surface area contributed by atoms with E-state index in [1.54, 1.807) is 0 Å². The highest BCUT2D eigenvalue weighted by atomic mass is 16.2. The highest BCUT2D eigenvalue weighted by molar-refractivity contribution is 6.01. The van der Waals surface area contributed by atoms with Gasteiger partial charge < -0.3 is 10.3 Å². The molecule has 5 heteroatoms. The highest BCUT2D eigenvalue weighted by Gasteiger charge is 2.25. The van der Waals surface area contributed by atoms with E-state index >= 15 is 0 Å². The van der Waals surface area contributed by atoms with E-state index in [-0.39, 0.29) is 23.3 Å². The number of hydrogen-bond acceptors (Lipinski definition) is 3. The molecule has 1 amide bonds. The van der Waals surface area contributed by atoms with E-state index in [1.807, 2.05) is 26.0 Å². The zero-order valence-corrected chi connectivity index (χ0v) is 17.7. The minimum absolute atomic E-state index is 0.000811. The van der Waals surface area contributed by atoms with Crippen LogP contribution in [0.15, 0.2) is 35.1 Å². The number of carbonyl (C=O) groups excluding carboxylic acids is 2. The number of H-pyrrole nitrogens is 1. The van der Waals surface area contributed by atoms with Crippen LogP contribution < -0.4 is 10.9 Å². The number of hydrogen-bond donors (Lipinski definition) is 2. The number of benzene rings is 1. The number of amides is 1. The lowest BCUT2D eigenvalue weighted by atomic mass is 9.91. The van der Waals surface area contributed by atoms with Gasteiger partial charge in [0, 0.05) is 17.7 Å². The number of rotatable bonds is 6. The summed E-state index contributed by atoms with van der Waals surface area (Å²) < 4.78 is 0. The Morgan fingerprint density at radius 3 is 2.34 bits per heavy atom. The van der Waals surface area contributed by atoms with Gasteiger partial charge in [-0.3, -0.25) is 14.4 Å². The maximum atomic E-state index is 12.9. The Morgan fingerprint density at radius 2 is 1.72 bits per heavy atom. The van der Waals surface area contributed by atoms with Crippen LogP contribution in [0.3, 0.4) is 0 Å². The number of aryl methyl sites for hydroxylation is 1. The molecule has 3 rings (SSSR count). The molecule has 1 aromatic carbocycles. The molecule has 1 heterocycles. The van der Waals surface area contributed by atoms with Crippen molar-refractivity contribution >= 4 is 11.7 Å². The molecule has 0 saturated heterocycles. The molecule has 1 aromatic heterocycles. The summed E-state index contributed by atoms with van der Waals surface area (Å²) in [7, 11) is 0. The number of Topliss-reactive ketones (excluding diaryl/α,β-unsaturated/α-hetero) is 1. The van der Waals surface area contributed by atoms with Crippen LogP contribution in [0, 0.1) is 5.92 Å². The SMILES string of the molecule is CC[C@H](C)c1ccc([C@H](NC(=O)c2cc3c([nH]c2=O)CCCC3=O)C(C)C)cc1. The first kappa shape index (κ1) is 21.0. The van der Waals surface area contributed by atoms with Crippen molar-refractivity contribution in [1.29, 1.82) is 0 Å². The third-order valence-electron chi connectivity index (χ3n) is 5.93. The van der Waals surface area contributed by atoms with Crippen LogP contribution in [0.1, 0.15) is 96.5 Å². The van der Waals surface area contributed by atoms with Gasteiger partial charge in [0.25, 0.3) is 11.5 Å². The van der Waals surface area contributed by atoms with Crippen molar-refractivity contribution in [2.75, 3.05) is 0 Å². The van der Waals surface area contributed by atoms with Crippen molar-refractivity contribution in [3.63, 3.8) is 0 Å². The fourth-order valence-electron chi connectivity index (χ4n) is 3.87. The lowest BCUT2D eigenvalue weighted by Gasteiger charge is -2.24. The summed E-state index contributed by atoms with van der Waals surface area (Å²) in [6.07, 6.45) is 2.92. The second-order valence-electron chi connectivity index (χ2n) is 8.35. The van der Waals surface area contributed by atoms with Crippen molar-refractivity contribution < 1.29 is 9.59 Å². The van der Waals surface area contributed by atoms with Gasteiger partial charge in [-0.05, 0) is 48.3 Å². The molecule has 2 N–H and O–H groups in total. The largest absolute Gasteiger partial charge is 0.345 e. The summed E-state index contributed by atoms with van der Waals surface area (Å²) in [6, 6.07) is 9.55. The Hall–Kier alpha value is -2.69. The number of pyridine rings is 1. The molecule has 0 unspecified atom stereocenters. The van der Waals surface area contributed by atoms with Crippen LogP contribution in [-0.4, -0.2) is 16.7 Å². The summed E-state index contributed by atoms with van der Waals surface area (Å²) in [4.78, 5) is 40.3. The molecule has 1 aliphatic rings. The van der Waals surface area contributed by atoms with Crippen molar-refractivity contribution in [3.8, 4) is 0 Å². The van der Waals surface area contributed by atoms with E-state index < -0.39 is 11.5 Å². The van der Waals surface area contributed by atoms with Gasteiger partial charge >= 0.3 is 0 Å². The Labute approximate surface area is 171 Å². The summed E-state index contributed by atoms with van der Waals surface area (Å²) in [5.74, 6) is 0.171. The van der Waals surface area contributed by atoms with Gasteiger partial charge in [0.15, 0.2) is 5.78 Å². The minimum atomic E-state index is -0.447. The maximum Gasteiger partial charge on any atom is 0.261 e. The second kappa shape index (κ2) is 8.76. The lowest BCUT2D eigenvalue weighted by Crippen LogP contribution is -2.36. The van der Waals surface area contributed by atoms with Gasteiger partial charge in [-0.2, -0.15) is 0 Å².